The van der Waals surface area contributed by atoms with E-state index in [1.807, 2.05) is 44.2 Å². The number of halogens is 3. The minimum Gasteiger partial charge on any atom is -0.339 e. The number of hydrogen-bond donors (Lipinski definition) is 0. The predicted molar refractivity (Wildman–Crippen MR) is 115 cm³/mol. The number of carbonyl (C=O) groups is 1. The lowest BCUT2D eigenvalue weighted by molar-refractivity contribution is -0.137. The first-order chi connectivity index (χ1) is 15.3. The molecule has 0 aliphatic rings. The summed E-state index contributed by atoms with van der Waals surface area (Å²) in [7, 11) is 0. The highest BCUT2D eigenvalue weighted by Crippen LogP contribution is 2.31. The lowest BCUT2D eigenvalue weighted by atomic mass is 10.1. The molecule has 0 aliphatic carbocycles. The van der Waals surface area contributed by atoms with Gasteiger partial charge in [-0.05, 0) is 37.1 Å². The highest BCUT2D eigenvalue weighted by molar-refractivity contribution is 5.92. The molecule has 0 bridgehead atoms. The van der Waals surface area contributed by atoms with E-state index in [1.54, 1.807) is 11.0 Å². The highest BCUT2D eigenvalue weighted by atomic mass is 19.4. The number of benzene rings is 2. The van der Waals surface area contributed by atoms with Gasteiger partial charge in [0, 0.05) is 30.6 Å². The van der Waals surface area contributed by atoms with Gasteiger partial charge in [-0.2, -0.15) is 18.2 Å². The van der Waals surface area contributed by atoms with Crippen LogP contribution in [-0.4, -0.2) is 33.5 Å². The standard InChI is InChI=1S/C24H24F3N3O2/c1-3-17(2)30(22(31)13-12-18-8-5-4-6-9-18)15-14-21-28-23(29-32-21)19-10-7-11-20(16-19)24(25,26)27/h4-13,16-17H,3,14-15H2,1-2H3/b13-12+. The zero-order valence-electron chi connectivity index (χ0n) is 17.8. The fraction of sp³-hybridized carbons (Fsp3) is 0.292. The van der Waals surface area contributed by atoms with Crippen molar-refractivity contribution in [2.24, 2.45) is 0 Å². The Morgan fingerprint density at radius 1 is 1.16 bits per heavy atom. The lowest BCUT2D eigenvalue weighted by Gasteiger charge is -2.27. The maximum atomic E-state index is 12.9. The largest absolute Gasteiger partial charge is 0.416 e. The molecule has 0 N–H and O–H groups in total. The van der Waals surface area contributed by atoms with E-state index in [2.05, 4.69) is 10.1 Å². The van der Waals surface area contributed by atoms with E-state index in [0.29, 0.717) is 13.0 Å². The SMILES string of the molecule is CCC(C)N(CCc1nc(-c2cccc(C(F)(F)F)c2)no1)C(=O)/C=C/c1ccccc1. The Labute approximate surface area is 184 Å². The van der Waals surface area contributed by atoms with Crippen LogP contribution in [-0.2, 0) is 17.4 Å². The molecular weight excluding hydrogens is 419 g/mol. The van der Waals surface area contributed by atoms with Crippen molar-refractivity contribution >= 4 is 12.0 Å². The van der Waals surface area contributed by atoms with Crippen LogP contribution in [0.2, 0.25) is 0 Å². The molecule has 1 heterocycles. The van der Waals surface area contributed by atoms with Crippen LogP contribution in [0, 0.1) is 0 Å². The maximum Gasteiger partial charge on any atom is 0.416 e. The monoisotopic (exact) mass is 443 g/mol. The van der Waals surface area contributed by atoms with Gasteiger partial charge in [0.2, 0.25) is 17.6 Å². The quantitative estimate of drug-likeness (QED) is 0.423. The van der Waals surface area contributed by atoms with E-state index in [0.717, 1.165) is 24.1 Å². The first-order valence-electron chi connectivity index (χ1n) is 10.3. The van der Waals surface area contributed by atoms with Crippen LogP contribution >= 0.6 is 0 Å². The molecule has 0 spiro atoms. The highest BCUT2D eigenvalue weighted by Gasteiger charge is 2.30. The van der Waals surface area contributed by atoms with E-state index >= 15 is 0 Å². The number of nitrogens with zero attached hydrogens (tertiary/aromatic N) is 3. The van der Waals surface area contributed by atoms with Gasteiger partial charge in [0.25, 0.3) is 0 Å². The van der Waals surface area contributed by atoms with Crippen LogP contribution in [0.15, 0.2) is 65.2 Å². The summed E-state index contributed by atoms with van der Waals surface area (Å²) in [6.45, 7) is 4.29. The fourth-order valence-electron chi connectivity index (χ4n) is 3.12. The van der Waals surface area contributed by atoms with Gasteiger partial charge in [-0.3, -0.25) is 4.79 Å². The van der Waals surface area contributed by atoms with Gasteiger partial charge in [-0.25, -0.2) is 0 Å². The summed E-state index contributed by atoms with van der Waals surface area (Å²) in [5.74, 6) is 0.197. The van der Waals surface area contributed by atoms with Crippen molar-refractivity contribution in [3.63, 3.8) is 0 Å². The molecule has 0 saturated carbocycles. The van der Waals surface area contributed by atoms with E-state index in [-0.39, 0.29) is 29.2 Å². The van der Waals surface area contributed by atoms with Gasteiger partial charge < -0.3 is 9.42 Å². The topological polar surface area (TPSA) is 59.2 Å². The number of alkyl halides is 3. The van der Waals surface area contributed by atoms with Crippen LogP contribution in [0.4, 0.5) is 13.2 Å². The molecule has 2 aromatic carbocycles. The van der Waals surface area contributed by atoms with Crippen molar-refractivity contribution < 1.29 is 22.5 Å². The second-order valence-electron chi connectivity index (χ2n) is 7.37. The molecule has 1 unspecified atom stereocenters. The lowest BCUT2D eigenvalue weighted by Crippen LogP contribution is -2.38. The second kappa shape index (κ2) is 10.3. The molecule has 168 valence electrons. The number of aromatic nitrogens is 2. The zero-order chi connectivity index (χ0) is 23.1. The smallest absolute Gasteiger partial charge is 0.339 e. The van der Waals surface area contributed by atoms with Crippen molar-refractivity contribution in [3.8, 4) is 11.4 Å². The van der Waals surface area contributed by atoms with Crippen molar-refractivity contribution in [1.82, 2.24) is 15.0 Å². The average molecular weight is 443 g/mol. The number of amides is 1. The number of hydrogen-bond acceptors (Lipinski definition) is 4. The fourth-order valence-corrected chi connectivity index (χ4v) is 3.12. The van der Waals surface area contributed by atoms with Crippen molar-refractivity contribution in [2.45, 2.75) is 38.9 Å². The van der Waals surface area contributed by atoms with Crippen LogP contribution in [0.3, 0.4) is 0 Å². The van der Waals surface area contributed by atoms with Crippen LogP contribution in [0.1, 0.15) is 37.3 Å². The van der Waals surface area contributed by atoms with Gasteiger partial charge in [0.15, 0.2) is 0 Å². The summed E-state index contributed by atoms with van der Waals surface area (Å²) in [5.41, 5.74) is 0.364. The zero-order valence-corrected chi connectivity index (χ0v) is 17.8. The Balaban J connectivity index is 1.69. The molecule has 32 heavy (non-hydrogen) atoms. The summed E-state index contributed by atoms with van der Waals surface area (Å²) >= 11 is 0. The van der Waals surface area contributed by atoms with E-state index < -0.39 is 11.7 Å². The molecule has 3 rings (SSSR count). The molecule has 0 saturated heterocycles. The van der Waals surface area contributed by atoms with Gasteiger partial charge >= 0.3 is 6.18 Å². The normalized spacial score (nSPS) is 12.8. The molecule has 8 heteroatoms. The third kappa shape index (κ3) is 6.06. The molecule has 0 fully saturated rings. The molecular formula is C24H24F3N3O2. The minimum atomic E-state index is -4.45. The molecule has 0 radical (unpaired) electrons. The Kier molecular flexibility index (Phi) is 7.45. The third-order valence-corrected chi connectivity index (χ3v) is 5.11. The van der Waals surface area contributed by atoms with Gasteiger partial charge in [-0.15, -0.1) is 0 Å². The Morgan fingerprint density at radius 3 is 2.59 bits per heavy atom. The van der Waals surface area contributed by atoms with Crippen LogP contribution < -0.4 is 0 Å². The molecule has 0 aliphatic heterocycles. The van der Waals surface area contributed by atoms with Gasteiger partial charge in [0.1, 0.15) is 0 Å². The van der Waals surface area contributed by atoms with E-state index in [1.165, 1.54) is 18.2 Å². The predicted octanol–water partition coefficient (Wildman–Crippen LogP) is 5.64. The number of rotatable bonds is 8. The summed E-state index contributed by atoms with van der Waals surface area (Å²) in [6, 6.07) is 14.3. The number of carbonyl (C=O) groups excluding carboxylic acids is 1. The van der Waals surface area contributed by atoms with Gasteiger partial charge in [-0.1, -0.05) is 54.5 Å². The van der Waals surface area contributed by atoms with Crippen molar-refractivity contribution in [2.75, 3.05) is 6.54 Å². The first-order valence-corrected chi connectivity index (χ1v) is 10.3. The van der Waals surface area contributed by atoms with Crippen LogP contribution in [0.5, 0.6) is 0 Å². The Morgan fingerprint density at radius 2 is 1.91 bits per heavy atom. The first kappa shape index (κ1) is 23.2. The van der Waals surface area contributed by atoms with Crippen molar-refractivity contribution in [3.05, 3.63) is 77.7 Å². The summed E-state index contributed by atoms with van der Waals surface area (Å²) < 4.78 is 44.1. The third-order valence-electron chi connectivity index (χ3n) is 5.11. The summed E-state index contributed by atoms with van der Waals surface area (Å²) in [4.78, 5) is 18.7. The molecule has 3 aromatic rings. The average Bonchev–Trinajstić information content (AvgIpc) is 3.27. The van der Waals surface area contributed by atoms with Crippen LogP contribution in [0.25, 0.3) is 17.5 Å². The van der Waals surface area contributed by atoms with E-state index in [9.17, 15) is 18.0 Å². The van der Waals surface area contributed by atoms with E-state index in [4.69, 9.17) is 4.52 Å². The summed E-state index contributed by atoms with van der Waals surface area (Å²) in [5, 5.41) is 3.80. The maximum absolute atomic E-state index is 12.9. The second-order valence-corrected chi connectivity index (χ2v) is 7.37. The van der Waals surface area contributed by atoms with Gasteiger partial charge in [0.05, 0.1) is 5.56 Å². The Bertz CT molecular complexity index is 1060. The molecule has 1 aromatic heterocycles. The Hall–Kier alpha value is -3.42. The molecule has 5 nitrogen and oxygen atoms in total. The van der Waals surface area contributed by atoms with Crippen molar-refractivity contribution in [1.29, 1.82) is 0 Å². The molecule has 1 atom stereocenters. The minimum absolute atomic E-state index is 0.00576. The molecule has 1 amide bonds. The summed E-state index contributed by atoms with van der Waals surface area (Å²) in [6.07, 6.45) is -0.0992.